The Morgan fingerprint density at radius 2 is 1.88 bits per heavy atom. The van der Waals surface area contributed by atoms with E-state index in [1.54, 1.807) is 12.1 Å². The molecular weight excluding hydrogens is 338 g/mol. The Kier molecular flexibility index (Phi) is 4.92. The van der Waals surface area contributed by atoms with Gasteiger partial charge in [-0.3, -0.25) is 14.4 Å². The number of fused-ring (bicyclic) bond motifs is 1. The number of carbonyl (C=O) groups excluding carboxylic acids is 3. The molecule has 2 heterocycles. The first-order valence-electron chi connectivity index (χ1n) is 8.61. The summed E-state index contributed by atoms with van der Waals surface area (Å²) in [6.45, 7) is 2.28. The Morgan fingerprint density at radius 1 is 1.19 bits per heavy atom. The van der Waals surface area contributed by atoms with Gasteiger partial charge < -0.3 is 15.3 Å². The van der Waals surface area contributed by atoms with Crippen molar-refractivity contribution in [2.24, 2.45) is 0 Å². The number of nitrogens with one attached hydrogen (secondary N) is 1. The molecule has 0 saturated carbocycles. The molecule has 0 radical (unpaired) electrons. The molecule has 4 amide bonds. The fraction of sp³-hybridized carbons (Fsp3) is 0.444. The van der Waals surface area contributed by atoms with Crippen LogP contribution in [0, 0.1) is 6.92 Å². The lowest BCUT2D eigenvalue weighted by Gasteiger charge is -2.37. The topological polar surface area (TPSA) is 107 Å². The van der Waals surface area contributed by atoms with Crippen molar-refractivity contribution in [3.05, 3.63) is 29.8 Å². The number of urea groups is 1. The number of aryl methyl sites for hydroxylation is 1. The maximum Gasteiger partial charge on any atom is 0.329 e. The third kappa shape index (κ3) is 3.40. The van der Waals surface area contributed by atoms with Gasteiger partial charge in [0.25, 0.3) is 5.91 Å². The van der Waals surface area contributed by atoms with Gasteiger partial charge in [0.1, 0.15) is 6.04 Å². The Hall–Kier alpha value is -2.90. The fourth-order valence-electron chi connectivity index (χ4n) is 3.46. The Balaban J connectivity index is 1.77. The van der Waals surface area contributed by atoms with Gasteiger partial charge >= 0.3 is 12.0 Å². The van der Waals surface area contributed by atoms with E-state index in [1.807, 2.05) is 19.1 Å². The summed E-state index contributed by atoms with van der Waals surface area (Å²) in [7, 11) is 0. The van der Waals surface area contributed by atoms with Gasteiger partial charge in [0.15, 0.2) is 0 Å². The summed E-state index contributed by atoms with van der Waals surface area (Å²) in [6, 6.07) is 5.38. The summed E-state index contributed by atoms with van der Waals surface area (Å²) in [4.78, 5) is 51.0. The molecule has 2 N–H and O–H groups in total. The van der Waals surface area contributed by atoms with Gasteiger partial charge in [0.2, 0.25) is 5.91 Å². The van der Waals surface area contributed by atoms with Crippen molar-refractivity contribution < 1.29 is 24.3 Å². The van der Waals surface area contributed by atoms with E-state index in [0.29, 0.717) is 18.7 Å². The average Bonchev–Trinajstić information content (AvgIpc) is 3.00. The van der Waals surface area contributed by atoms with Gasteiger partial charge in [-0.2, -0.15) is 0 Å². The third-order valence-electron chi connectivity index (χ3n) is 4.78. The predicted octanol–water partition coefficient (Wildman–Crippen LogP) is 1.28. The highest BCUT2D eigenvalue weighted by molar-refractivity contribution is 6.19. The van der Waals surface area contributed by atoms with Gasteiger partial charge in [0.05, 0.1) is 11.7 Å². The molecule has 0 spiro atoms. The van der Waals surface area contributed by atoms with Crippen LogP contribution in [-0.4, -0.2) is 52.4 Å². The van der Waals surface area contributed by atoms with Crippen LogP contribution in [0.1, 0.15) is 31.2 Å². The lowest BCUT2D eigenvalue weighted by molar-refractivity contribution is -0.139. The van der Waals surface area contributed by atoms with Crippen molar-refractivity contribution in [1.29, 1.82) is 0 Å². The largest absolute Gasteiger partial charge is 0.481 e. The number of aliphatic carboxylic acids is 1. The minimum absolute atomic E-state index is 0.0707. The van der Waals surface area contributed by atoms with Crippen molar-refractivity contribution in [2.75, 3.05) is 11.4 Å². The molecule has 2 atom stereocenters. The monoisotopic (exact) mass is 359 g/mol. The van der Waals surface area contributed by atoms with Crippen LogP contribution < -0.4 is 10.2 Å². The molecule has 2 fully saturated rings. The number of rotatable bonds is 5. The number of hydrogen-bond donors (Lipinski definition) is 2. The van der Waals surface area contributed by atoms with Gasteiger partial charge in [-0.25, -0.2) is 9.69 Å². The quantitative estimate of drug-likeness (QED) is 0.823. The van der Waals surface area contributed by atoms with Crippen LogP contribution in [0.25, 0.3) is 0 Å². The van der Waals surface area contributed by atoms with Gasteiger partial charge in [-0.15, -0.1) is 0 Å². The number of amides is 4. The third-order valence-corrected chi connectivity index (χ3v) is 4.78. The van der Waals surface area contributed by atoms with Crippen LogP contribution in [-0.2, 0) is 14.4 Å². The number of nitrogens with zero attached hydrogens (tertiary/aromatic N) is 2. The van der Waals surface area contributed by atoms with Gasteiger partial charge in [0, 0.05) is 19.4 Å². The van der Waals surface area contributed by atoms with E-state index >= 15 is 0 Å². The molecule has 2 saturated heterocycles. The molecule has 1 aromatic carbocycles. The molecule has 0 bridgehead atoms. The van der Waals surface area contributed by atoms with Gasteiger partial charge in [-0.1, -0.05) is 17.7 Å². The normalized spacial score (nSPS) is 22.2. The second-order valence-electron chi connectivity index (χ2n) is 6.63. The van der Waals surface area contributed by atoms with Crippen molar-refractivity contribution in [3.63, 3.8) is 0 Å². The van der Waals surface area contributed by atoms with Crippen LogP contribution in [0.3, 0.4) is 0 Å². The smallest absolute Gasteiger partial charge is 0.329 e. The van der Waals surface area contributed by atoms with Crippen molar-refractivity contribution in [2.45, 2.75) is 44.7 Å². The highest BCUT2D eigenvalue weighted by Crippen LogP contribution is 2.28. The minimum atomic E-state index is -0.955. The van der Waals surface area contributed by atoms with E-state index < -0.39 is 30.0 Å². The van der Waals surface area contributed by atoms with Crippen LogP contribution in [0.4, 0.5) is 10.5 Å². The minimum Gasteiger partial charge on any atom is -0.481 e. The average molecular weight is 359 g/mol. The summed E-state index contributed by atoms with van der Waals surface area (Å²) in [5.41, 5.74) is 1.47. The van der Waals surface area contributed by atoms with Crippen LogP contribution >= 0.6 is 0 Å². The number of anilines is 1. The van der Waals surface area contributed by atoms with E-state index in [2.05, 4.69) is 5.32 Å². The molecule has 0 unspecified atom stereocenters. The summed E-state index contributed by atoms with van der Waals surface area (Å²) < 4.78 is 0. The maximum atomic E-state index is 13.0. The zero-order chi connectivity index (χ0) is 18.8. The van der Waals surface area contributed by atoms with Crippen LogP contribution in [0.2, 0.25) is 0 Å². The molecule has 2 aliphatic heterocycles. The van der Waals surface area contributed by atoms with Crippen molar-refractivity contribution in [3.8, 4) is 0 Å². The molecule has 26 heavy (non-hydrogen) atoms. The molecule has 0 aromatic heterocycles. The number of hydrogen-bond acceptors (Lipinski definition) is 4. The van der Waals surface area contributed by atoms with Gasteiger partial charge in [-0.05, 0) is 31.9 Å². The molecule has 1 aromatic rings. The summed E-state index contributed by atoms with van der Waals surface area (Å²) in [5.74, 6) is -1.64. The summed E-state index contributed by atoms with van der Waals surface area (Å²) in [5, 5.41) is 11.5. The Labute approximate surface area is 150 Å². The molecule has 3 rings (SSSR count). The zero-order valence-corrected chi connectivity index (χ0v) is 14.5. The molecule has 8 nitrogen and oxygen atoms in total. The van der Waals surface area contributed by atoms with E-state index in [1.165, 1.54) is 4.90 Å². The van der Waals surface area contributed by atoms with E-state index in [9.17, 15) is 19.2 Å². The predicted molar refractivity (Wildman–Crippen MR) is 92.6 cm³/mol. The second-order valence-corrected chi connectivity index (χ2v) is 6.63. The number of imide groups is 1. The number of likely N-dealkylation sites (tertiary alicyclic amines) is 1. The first kappa shape index (κ1) is 17.9. The molecule has 0 aliphatic carbocycles. The fourth-order valence-corrected chi connectivity index (χ4v) is 3.46. The molecule has 8 heteroatoms. The molecular formula is C18H21N3O5. The maximum absolute atomic E-state index is 13.0. The highest BCUT2D eigenvalue weighted by Gasteiger charge is 2.49. The first-order valence-corrected chi connectivity index (χ1v) is 8.61. The Bertz CT molecular complexity index is 746. The van der Waals surface area contributed by atoms with E-state index in [0.717, 1.165) is 10.5 Å². The Morgan fingerprint density at radius 3 is 2.54 bits per heavy atom. The number of carboxylic acid groups (broad SMARTS) is 1. The first-order chi connectivity index (χ1) is 12.4. The second kappa shape index (κ2) is 7.15. The van der Waals surface area contributed by atoms with E-state index in [-0.39, 0.29) is 25.2 Å². The highest BCUT2D eigenvalue weighted by atomic mass is 16.4. The lowest BCUT2D eigenvalue weighted by Crippen LogP contribution is -2.65. The van der Waals surface area contributed by atoms with Crippen LogP contribution in [0.15, 0.2) is 24.3 Å². The number of carbonyl (C=O) groups is 4. The van der Waals surface area contributed by atoms with Crippen LogP contribution in [0.5, 0.6) is 0 Å². The number of benzene rings is 1. The van der Waals surface area contributed by atoms with Crippen molar-refractivity contribution >= 4 is 29.5 Å². The molecule has 2 aliphatic rings. The summed E-state index contributed by atoms with van der Waals surface area (Å²) >= 11 is 0. The lowest BCUT2D eigenvalue weighted by atomic mass is 10.0. The zero-order valence-electron chi connectivity index (χ0n) is 14.5. The molecule has 138 valence electrons. The number of carboxylic acids is 1. The summed E-state index contributed by atoms with van der Waals surface area (Å²) in [6.07, 6.45) is 0.716. The van der Waals surface area contributed by atoms with E-state index in [4.69, 9.17) is 5.11 Å². The SMILES string of the molecule is Cc1ccc(N2C(=O)N[C@@H]3CCN(C(=O)CCCC(=O)O)[C@@H]3C2=O)cc1. The van der Waals surface area contributed by atoms with Crippen molar-refractivity contribution in [1.82, 2.24) is 10.2 Å². The standard InChI is InChI=1S/C18H21N3O5/c1-11-5-7-12(8-6-11)21-17(25)16-13(19-18(21)26)9-10-20(16)14(22)3-2-4-15(23)24/h5-8,13,16H,2-4,9-10H2,1H3,(H,19,26)(H,23,24)/t13-,16+/m1/s1.